The van der Waals surface area contributed by atoms with E-state index in [2.05, 4.69) is 4.84 Å². The van der Waals surface area contributed by atoms with Crippen molar-refractivity contribution in [3.8, 4) is 0 Å². The fourth-order valence-corrected chi connectivity index (χ4v) is 0.345. The van der Waals surface area contributed by atoms with Crippen molar-refractivity contribution in [1.82, 2.24) is 5.06 Å². The van der Waals surface area contributed by atoms with Crippen molar-refractivity contribution in [2.24, 2.45) is 0 Å². The van der Waals surface area contributed by atoms with Crippen molar-refractivity contribution in [1.29, 1.82) is 0 Å². The van der Waals surface area contributed by atoms with Crippen LogP contribution in [0.15, 0.2) is 0 Å². The Hall–Kier alpha value is -1.39. The van der Waals surface area contributed by atoms with E-state index in [1.54, 1.807) is 6.92 Å². The summed E-state index contributed by atoms with van der Waals surface area (Å²) in [5, 5.41) is 0.340. The summed E-state index contributed by atoms with van der Waals surface area (Å²) in [5.74, 6) is -0.554. The Morgan fingerprint density at radius 2 is 2.20 bits per heavy atom. The largest absolute Gasteiger partial charge is 0.334 e. The van der Waals surface area contributed by atoms with E-state index in [1.807, 2.05) is 0 Å². The molecule has 0 heterocycles. The molecular formula is C5H7NO4. The van der Waals surface area contributed by atoms with Crippen LogP contribution < -0.4 is 0 Å². The van der Waals surface area contributed by atoms with Gasteiger partial charge in [0.15, 0.2) is 0 Å². The quantitative estimate of drug-likeness (QED) is 0.394. The maximum absolute atomic E-state index is 10.5. The molecule has 0 aliphatic rings. The SMILES string of the molecule is CCC(=O)N(C=O)OC=O. The molecule has 5 nitrogen and oxygen atoms in total. The highest BCUT2D eigenvalue weighted by Gasteiger charge is 2.09. The Morgan fingerprint density at radius 1 is 1.60 bits per heavy atom. The van der Waals surface area contributed by atoms with Gasteiger partial charge in [0, 0.05) is 6.42 Å². The van der Waals surface area contributed by atoms with E-state index in [9.17, 15) is 14.4 Å². The van der Waals surface area contributed by atoms with Crippen molar-refractivity contribution < 1.29 is 19.2 Å². The van der Waals surface area contributed by atoms with Crippen LogP contribution in [-0.4, -0.2) is 23.9 Å². The van der Waals surface area contributed by atoms with E-state index >= 15 is 0 Å². The summed E-state index contributed by atoms with van der Waals surface area (Å²) in [6, 6.07) is 0. The van der Waals surface area contributed by atoms with E-state index < -0.39 is 5.91 Å². The fraction of sp³-hybridized carbons (Fsp3) is 0.400. The molecule has 0 bridgehead atoms. The molecule has 0 aromatic carbocycles. The van der Waals surface area contributed by atoms with Crippen molar-refractivity contribution in [2.75, 3.05) is 0 Å². The predicted molar refractivity (Wildman–Crippen MR) is 30.3 cm³/mol. The van der Waals surface area contributed by atoms with Crippen LogP contribution in [0.2, 0.25) is 0 Å². The first-order valence-corrected chi connectivity index (χ1v) is 2.64. The molecule has 56 valence electrons. The normalized spacial score (nSPS) is 8.10. The molecular weight excluding hydrogens is 138 g/mol. The molecule has 5 heteroatoms. The van der Waals surface area contributed by atoms with Gasteiger partial charge < -0.3 is 4.84 Å². The Morgan fingerprint density at radius 3 is 2.50 bits per heavy atom. The van der Waals surface area contributed by atoms with E-state index in [4.69, 9.17) is 0 Å². The van der Waals surface area contributed by atoms with Crippen LogP contribution in [0.1, 0.15) is 13.3 Å². The molecule has 0 aromatic rings. The lowest BCUT2D eigenvalue weighted by atomic mass is 10.5. The first-order valence-electron chi connectivity index (χ1n) is 2.64. The number of hydrogen-bond acceptors (Lipinski definition) is 4. The first-order chi connectivity index (χ1) is 4.76. The zero-order chi connectivity index (χ0) is 7.98. The highest BCUT2D eigenvalue weighted by molar-refractivity contribution is 5.84. The summed E-state index contributed by atoms with van der Waals surface area (Å²) in [4.78, 5) is 34.1. The van der Waals surface area contributed by atoms with Gasteiger partial charge in [-0.3, -0.25) is 14.4 Å². The molecule has 0 atom stereocenters. The van der Waals surface area contributed by atoms with Crippen molar-refractivity contribution in [2.45, 2.75) is 13.3 Å². The minimum absolute atomic E-state index is 0.0158. The lowest BCUT2D eigenvalue weighted by Gasteiger charge is -2.07. The standard InChI is InChI=1S/C5H7NO4/c1-2-5(9)6(3-7)10-4-8/h3-4H,2H2,1H3. The second kappa shape index (κ2) is 4.49. The molecule has 0 spiro atoms. The number of carbonyl (C=O) groups is 3. The maximum Gasteiger partial charge on any atom is 0.321 e. The third-order valence-electron chi connectivity index (χ3n) is 0.801. The minimum Gasteiger partial charge on any atom is -0.334 e. The molecule has 0 radical (unpaired) electrons. The van der Waals surface area contributed by atoms with Gasteiger partial charge in [-0.25, -0.2) is 0 Å². The van der Waals surface area contributed by atoms with Crippen molar-refractivity contribution in [3.05, 3.63) is 0 Å². The maximum atomic E-state index is 10.5. The van der Waals surface area contributed by atoms with Gasteiger partial charge in [0.1, 0.15) is 0 Å². The van der Waals surface area contributed by atoms with Gasteiger partial charge in [0.25, 0.3) is 12.3 Å². The van der Waals surface area contributed by atoms with Crippen LogP contribution >= 0.6 is 0 Å². The molecule has 0 aliphatic heterocycles. The van der Waals surface area contributed by atoms with E-state index in [0.717, 1.165) is 0 Å². The number of hydrogen-bond donors (Lipinski definition) is 0. The summed E-state index contributed by atoms with van der Waals surface area (Å²) in [7, 11) is 0. The summed E-state index contributed by atoms with van der Waals surface area (Å²) in [6.45, 7) is 1.56. The Labute approximate surface area is 57.5 Å². The highest BCUT2D eigenvalue weighted by atomic mass is 16.7. The zero-order valence-electron chi connectivity index (χ0n) is 5.44. The van der Waals surface area contributed by atoms with Crippen LogP contribution in [0.3, 0.4) is 0 Å². The smallest absolute Gasteiger partial charge is 0.321 e. The number of hydroxylamine groups is 2. The molecule has 0 saturated carbocycles. The lowest BCUT2D eigenvalue weighted by molar-refractivity contribution is -0.186. The zero-order valence-corrected chi connectivity index (χ0v) is 5.44. The first kappa shape index (κ1) is 8.61. The molecule has 2 amide bonds. The summed E-state index contributed by atoms with van der Waals surface area (Å²) < 4.78 is 0. The van der Waals surface area contributed by atoms with Crippen LogP contribution in [0.4, 0.5) is 0 Å². The molecule has 0 saturated heterocycles. The minimum atomic E-state index is -0.554. The van der Waals surface area contributed by atoms with Gasteiger partial charge in [-0.15, -0.1) is 5.06 Å². The summed E-state index contributed by atoms with van der Waals surface area (Å²) >= 11 is 0. The molecule has 0 fully saturated rings. The number of amides is 2. The van der Waals surface area contributed by atoms with Gasteiger partial charge in [-0.1, -0.05) is 6.92 Å². The van der Waals surface area contributed by atoms with Crippen LogP contribution in [0, 0.1) is 0 Å². The van der Waals surface area contributed by atoms with E-state index in [-0.39, 0.29) is 19.3 Å². The monoisotopic (exact) mass is 145 g/mol. The molecule has 0 aromatic heterocycles. The third kappa shape index (κ3) is 2.25. The molecule has 0 N–H and O–H groups in total. The van der Waals surface area contributed by atoms with E-state index in [1.165, 1.54) is 0 Å². The molecule has 0 aliphatic carbocycles. The van der Waals surface area contributed by atoms with Crippen LogP contribution in [0.25, 0.3) is 0 Å². The second-order valence-corrected chi connectivity index (χ2v) is 1.38. The van der Waals surface area contributed by atoms with Gasteiger partial charge in [0.05, 0.1) is 0 Å². The summed E-state index contributed by atoms with van der Waals surface area (Å²) in [6.07, 6.45) is 0.257. The fourth-order valence-electron chi connectivity index (χ4n) is 0.345. The average molecular weight is 145 g/mol. The average Bonchev–Trinajstić information content (AvgIpc) is 1.99. The summed E-state index contributed by atoms with van der Waals surface area (Å²) in [5.41, 5.74) is 0. The van der Waals surface area contributed by atoms with Crippen molar-refractivity contribution in [3.63, 3.8) is 0 Å². The number of nitrogens with zero attached hydrogens (tertiary/aromatic N) is 1. The second-order valence-electron chi connectivity index (χ2n) is 1.38. The predicted octanol–water partition coefficient (Wildman–Crippen LogP) is -0.531. The molecule has 0 rings (SSSR count). The third-order valence-corrected chi connectivity index (χ3v) is 0.801. The van der Waals surface area contributed by atoms with Crippen molar-refractivity contribution >= 4 is 18.8 Å². The molecule has 10 heavy (non-hydrogen) atoms. The number of carbonyl (C=O) groups excluding carboxylic acids is 3. The van der Waals surface area contributed by atoms with Crippen LogP contribution in [-0.2, 0) is 19.2 Å². The van der Waals surface area contributed by atoms with E-state index in [0.29, 0.717) is 5.06 Å². The highest BCUT2D eigenvalue weighted by Crippen LogP contribution is 1.88. The topological polar surface area (TPSA) is 63.7 Å². The number of imide groups is 1. The van der Waals surface area contributed by atoms with Gasteiger partial charge in [-0.05, 0) is 0 Å². The molecule has 0 unspecified atom stereocenters. The van der Waals surface area contributed by atoms with Gasteiger partial charge >= 0.3 is 6.47 Å². The van der Waals surface area contributed by atoms with Gasteiger partial charge in [-0.2, -0.15) is 0 Å². The van der Waals surface area contributed by atoms with Crippen LogP contribution in [0.5, 0.6) is 0 Å². The Kier molecular flexibility index (Phi) is 3.86. The lowest BCUT2D eigenvalue weighted by Crippen LogP contribution is -2.28. The Balaban J connectivity index is 3.91. The number of rotatable bonds is 4. The van der Waals surface area contributed by atoms with Gasteiger partial charge in [0.2, 0.25) is 0 Å². The Bertz CT molecular complexity index is 145.